The Balaban J connectivity index is 3.97. The van der Waals surface area contributed by atoms with E-state index in [1.165, 1.54) is 0 Å². The monoisotopic (exact) mass is 188 g/mol. The molecule has 4 nitrogen and oxygen atoms in total. The first-order valence-corrected chi connectivity index (χ1v) is 4.46. The topological polar surface area (TPSA) is 78.3 Å². The maximum absolute atomic E-state index is 11.4. The second-order valence-electron chi connectivity index (χ2n) is 4.33. The number of hydrogen-bond donors (Lipinski definition) is 2. The maximum atomic E-state index is 11.4. The van der Waals surface area contributed by atoms with Crippen molar-refractivity contribution in [2.24, 2.45) is 17.4 Å². The van der Waals surface area contributed by atoms with Crippen LogP contribution in [0.3, 0.4) is 0 Å². The fourth-order valence-corrected chi connectivity index (χ4v) is 0.907. The van der Waals surface area contributed by atoms with Crippen LogP contribution in [-0.2, 0) is 9.53 Å². The van der Waals surface area contributed by atoms with E-state index in [1.807, 2.05) is 20.8 Å². The molecule has 0 spiro atoms. The Morgan fingerprint density at radius 3 is 2.15 bits per heavy atom. The van der Waals surface area contributed by atoms with Crippen LogP contribution in [0.5, 0.6) is 0 Å². The van der Waals surface area contributed by atoms with Crippen LogP contribution in [0.15, 0.2) is 0 Å². The second kappa shape index (κ2) is 4.58. The molecule has 0 aromatic rings. The van der Waals surface area contributed by atoms with Crippen LogP contribution in [0.4, 0.5) is 0 Å². The minimum absolute atomic E-state index is 0.237. The molecule has 0 unspecified atom stereocenters. The number of esters is 1. The molecule has 1 atom stereocenters. The predicted molar refractivity (Wildman–Crippen MR) is 51.8 cm³/mol. The van der Waals surface area contributed by atoms with Crippen LogP contribution in [0.1, 0.15) is 34.1 Å². The van der Waals surface area contributed by atoms with E-state index in [0.29, 0.717) is 6.42 Å². The van der Waals surface area contributed by atoms with Crippen molar-refractivity contribution in [2.75, 3.05) is 0 Å². The van der Waals surface area contributed by atoms with E-state index in [-0.39, 0.29) is 11.9 Å². The highest BCUT2D eigenvalue weighted by Crippen LogP contribution is 2.13. The quantitative estimate of drug-likeness (QED) is 0.502. The molecule has 0 aliphatic rings. The van der Waals surface area contributed by atoms with Crippen molar-refractivity contribution in [3.8, 4) is 0 Å². The van der Waals surface area contributed by atoms with E-state index in [0.717, 1.165) is 0 Å². The number of carbonyl (C=O) groups is 1. The zero-order valence-electron chi connectivity index (χ0n) is 8.83. The van der Waals surface area contributed by atoms with Crippen molar-refractivity contribution >= 4 is 5.97 Å². The minimum atomic E-state index is -0.456. The Kier molecular flexibility index (Phi) is 4.36. The van der Waals surface area contributed by atoms with Gasteiger partial charge >= 0.3 is 5.97 Å². The number of hydrogen-bond acceptors (Lipinski definition) is 4. The van der Waals surface area contributed by atoms with Gasteiger partial charge in [-0.05, 0) is 27.2 Å². The van der Waals surface area contributed by atoms with Gasteiger partial charge in [0.2, 0.25) is 0 Å². The van der Waals surface area contributed by atoms with Crippen molar-refractivity contribution < 1.29 is 9.53 Å². The summed E-state index contributed by atoms with van der Waals surface area (Å²) in [7, 11) is 0. The van der Waals surface area contributed by atoms with Crippen LogP contribution >= 0.6 is 0 Å². The molecule has 4 N–H and O–H groups in total. The molecule has 13 heavy (non-hydrogen) atoms. The van der Waals surface area contributed by atoms with Crippen molar-refractivity contribution in [3.63, 3.8) is 0 Å². The van der Waals surface area contributed by atoms with Gasteiger partial charge in [0.1, 0.15) is 5.60 Å². The van der Waals surface area contributed by atoms with E-state index in [2.05, 4.69) is 0 Å². The van der Waals surface area contributed by atoms with Crippen molar-refractivity contribution in [2.45, 2.75) is 45.9 Å². The Bertz CT molecular complexity index is 173. The van der Waals surface area contributed by atoms with Crippen LogP contribution in [0.2, 0.25) is 0 Å². The van der Waals surface area contributed by atoms with Gasteiger partial charge in [0.05, 0.1) is 12.1 Å². The summed E-state index contributed by atoms with van der Waals surface area (Å²) >= 11 is 0. The number of carbonyl (C=O) groups excluding carboxylic acids is 1. The highest BCUT2D eigenvalue weighted by molar-refractivity contribution is 5.72. The third-order valence-electron chi connectivity index (χ3n) is 1.43. The molecule has 78 valence electrons. The summed E-state index contributed by atoms with van der Waals surface area (Å²) in [6, 6.07) is 0. The van der Waals surface area contributed by atoms with Crippen molar-refractivity contribution in [3.05, 3.63) is 0 Å². The zero-order valence-corrected chi connectivity index (χ0v) is 8.83. The first kappa shape index (κ1) is 12.4. The standard InChI is InChI=1S/C9H20N2O2/c1-6(5-7(10)11)8(12)13-9(2,3)4/h6-7H,5,10-11H2,1-4H3/t6-/m1/s1. The first-order chi connectivity index (χ1) is 5.72. The highest BCUT2D eigenvalue weighted by Gasteiger charge is 2.22. The Morgan fingerprint density at radius 2 is 1.85 bits per heavy atom. The molecule has 0 saturated heterocycles. The molecule has 0 radical (unpaired) electrons. The van der Waals surface area contributed by atoms with Crippen LogP contribution in [-0.4, -0.2) is 17.7 Å². The predicted octanol–water partition coefficient (Wildman–Crippen LogP) is 0.598. The van der Waals surface area contributed by atoms with E-state index < -0.39 is 11.8 Å². The van der Waals surface area contributed by atoms with Crippen LogP contribution in [0, 0.1) is 5.92 Å². The summed E-state index contributed by atoms with van der Waals surface area (Å²) in [4.78, 5) is 11.4. The second-order valence-corrected chi connectivity index (χ2v) is 4.33. The van der Waals surface area contributed by atoms with Gasteiger partial charge < -0.3 is 16.2 Å². The lowest BCUT2D eigenvalue weighted by Gasteiger charge is -2.22. The Morgan fingerprint density at radius 1 is 1.38 bits per heavy atom. The molecule has 0 aliphatic carbocycles. The SMILES string of the molecule is C[C@H](CC(N)N)C(=O)OC(C)(C)C. The van der Waals surface area contributed by atoms with Gasteiger partial charge in [-0.3, -0.25) is 4.79 Å². The third kappa shape index (κ3) is 6.54. The third-order valence-corrected chi connectivity index (χ3v) is 1.43. The molecule has 0 aromatic carbocycles. The average Bonchev–Trinajstić information content (AvgIpc) is 1.81. The highest BCUT2D eigenvalue weighted by atomic mass is 16.6. The summed E-state index contributed by atoms with van der Waals surface area (Å²) in [6.45, 7) is 7.26. The summed E-state index contributed by atoms with van der Waals surface area (Å²) in [5.41, 5.74) is 10.3. The van der Waals surface area contributed by atoms with Crippen LogP contribution in [0.25, 0.3) is 0 Å². The van der Waals surface area contributed by atoms with Crippen molar-refractivity contribution in [1.29, 1.82) is 0 Å². The summed E-state index contributed by atoms with van der Waals surface area (Å²) in [5, 5.41) is 0. The largest absolute Gasteiger partial charge is 0.460 e. The molecular formula is C9H20N2O2. The molecule has 0 fully saturated rings. The van der Waals surface area contributed by atoms with E-state index in [1.54, 1.807) is 6.92 Å². The fourth-order valence-electron chi connectivity index (χ4n) is 0.907. The normalized spacial score (nSPS) is 14.4. The van der Waals surface area contributed by atoms with Crippen LogP contribution < -0.4 is 11.5 Å². The smallest absolute Gasteiger partial charge is 0.309 e. The summed E-state index contributed by atoms with van der Waals surface area (Å²) < 4.78 is 5.15. The molecule has 0 bridgehead atoms. The minimum Gasteiger partial charge on any atom is -0.460 e. The Hall–Kier alpha value is -0.610. The molecule has 0 heterocycles. The summed E-state index contributed by atoms with van der Waals surface area (Å²) in [6.07, 6.45) is -0.00271. The lowest BCUT2D eigenvalue weighted by Crippen LogP contribution is -2.36. The molecule has 0 rings (SSSR count). The van der Waals surface area contributed by atoms with Gasteiger partial charge in [-0.2, -0.15) is 0 Å². The molecule has 0 aliphatic heterocycles. The molecule has 0 saturated carbocycles. The maximum Gasteiger partial charge on any atom is 0.309 e. The molecule has 4 heteroatoms. The lowest BCUT2D eigenvalue weighted by atomic mass is 10.1. The lowest BCUT2D eigenvalue weighted by molar-refractivity contribution is -0.159. The van der Waals surface area contributed by atoms with E-state index >= 15 is 0 Å². The van der Waals surface area contributed by atoms with Gasteiger partial charge in [-0.25, -0.2) is 0 Å². The van der Waals surface area contributed by atoms with Gasteiger partial charge in [0.15, 0.2) is 0 Å². The zero-order chi connectivity index (χ0) is 10.6. The van der Waals surface area contributed by atoms with Gasteiger partial charge in [0, 0.05) is 0 Å². The van der Waals surface area contributed by atoms with Gasteiger partial charge in [-0.1, -0.05) is 6.92 Å². The Labute approximate surface area is 79.6 Å². The molecule has 0 amide bonds. The summed E-state index contributed by atoms with van der Waals surface area (Å²) in [5.74, 6) is -0.479. The number of nitrogens with two attached hydrogens (primary N) is 2. The van der Waals surface area contributed by atoms with Crippen molar-refractivity contribution in [1.82, 2.24) is 0 Å². The number of rotatable bonds is 3. The average molecular weight is 188 g/mol. The van der Waals surface area contributed by atoms with E-state index in [4.69, 9.17) is 16.2 Å². The first-order valence-electron chi connectivity index (χ1n) is 4.46. The fraction of sp³-hybridized carbons (Fsp3) is 0.889. The van der Waals surface area contributed by atoms with E-state index in [9.17, 15) is 4.79 Å². The molecular weight excluding hydrogens is 168 g/mol. The van der Waals surface area contributed by atoms with Gasteiger partial charge in [0.25, 0.3) is 0 Å². The molecule has 0 aromatic heterocycles. The number of ether oxygens (including phenoxy) is 1. The van der Waals surface area contributed by atoms with Gasteiger partial charge in [-0.15, -0.1) is 0 Å².